The number of anilines is 2. The second-order valence-corrected chi connectivity index (χ2v) is 12.3. The number of imide groups is 2. The highest BCUT2D eigenvalue weighted by atomic mass is 16.5. The van der Waals surface area contributed by atoms with Crippen LogP contribution in [0, 0.1) is 48.9 Å². The fraction of sp³-hybridized carbons (Fsp3) is 0.286. The molecule has 0 aromatic heterocycles. The van der Waals surface area contributed by atoms with Gasteiger partial charge in [-0.15, -0.1) is 0 Å². The predicted molar refractivity (Wildman–Crippen MR) is 158 cm³/mol. The van der Waals surface area contributed by atoms with E-state index < -0.39 is 64.6 Å². The van der Waals surface area contributed by atoms with Gasteiger partial charge in [0, 0.05) is 16.9 Å². The molecule has 3 fully saturated rings. The minimum absolute atomic E-state index is 0.198. The van der Waals surface area contributed by atoms with Gasteiger partial charge >= 0.3 is 5.97 Å². The van der Waals surface area contributed by atoms with Crippen molar-refractivity contribution in [1.29, 1.82) is 0 Å². The van der Waals surface area contributed by atoms with E-state index in [4.69, 9.17) is 4.74 Å². The summed E-state index contributed by atoms with van der Waals surface area (Å²) in [5, 5.41) is 0. The molecule has 2 saturated heterocycles. The fourth-order valence-corrected chi connectivity index (χ4v) is 8.30. The minimum Gasteiger partial charge on any atom is -0.423 e. The van der Waals surface area contributed by atoms with Gasteiger partial charge in [0.25, 0.3) is 0 Å². The van der Waals surface area contributed by atoms with Crippen LogP contribution in [0.25, 0.3) is 0 Å². The Balaban J connectivity index is 1.41. The maximum atomic E-state index is 14.4. The van der Waals surface area contributed by atoms with Crippen LogP contribution in [0.15, 0.2) is 90.0 Å². The zero-order chi connectivity index (χ0) is 30.4. The van der Waals surface area contributed by atoms with Crippen molar-refractivity contribution in [2.45, 2.75) is 27.7 Å². The number of nitrogens with zero attached hydrogens (tertiary/aromatic N) is 2. The summed E-state index contributed by atoms with van der Waals surface area (Å²) in [6.45, 7) is 7.17. The number of benzene rings is 3. The maximum absolute atomic E-state index is 14.4. The van der Waals surface area contributed by atoms with Gasteiger partial charge in [0.1, 0.15) is 5.75 Å². The topological polar surface area (TPSA) is 101 Å². The first-order valence-electron chi connectivity index (χ1n) is 14.4. The van der Waals surface area contributed by atoms with Crippen molar-refractivity contribution in [2.24, 2.45) is 35.0 Å². The minimum atomic E-state index is -1.48. The summed E-state index contributed by atoms with van der Waals surface area (Å²) < 4.78 is 5.80. The largest absolute Gasteiger partial charge is 0.423 e. The molecule has 2 aliphatic heterocycles. The van der Waals surface area contributed by atoms with Crippen LogP contribution >= 0.6 is 0 Å². The monoisotopic (exact) mass is 574 g/mol. The van der Waals surface area contributed by atoms with Crippen LogP contribution in [0.1, 0.15) is 25.0 Å². The Bertz CT molecular complexity index is 1700. The van der Waals surface area contributed by atoms with E-state index >= 15 is 0 Å². The van der Waals surface area contributed by atoms with Crippen molar-refractivity contribution in [2.75, 3.05) is 9.80 Å². The van der Waals surface area contributed by atoms with E-state index in [1.165, 1.54) is 9.80 Å². The molecule has 3 aromatic carbocycles. The molecule has 6 atom stereocenters. The van der Waals surface area contributed by atoms with Crippen molar-refractivity contribution in [3.63, 3.8) is 0 Å². The number of allylic oxidation sites excluding steroid dienone is 1. The Hall–Kier alpha value is -4.85. The van der Waals surface area contributed by atoms with Crippen molar-refractivity contribution in [3.05, 3.63) is 101 Å². The van der Waals surface area contributed by atoms with Gasteiger partial charge in [-0.25, -0.2) is 14.6 Å². The van der Waals surface area contributed by atoms with E-state index in [2.05, 4.69) is 0 Å². The van der Waals surface area contributed by atoms with Crippen LogP contribution in [0.5, 0.6) is 5.75 Å². The first-order chi connectivity index (χ1) is 20.6. The molecule has 2 bridgehead atoms. The van der Waals surface area contributed by atoms with E-state index in [0.29, 0.717) is 22.7 Å². The molecule has 0 radical (unpaired) electrons. The Kier molecular flexibility index (Phi) is 5.86. The second-order valence-electron chi connectivity index (χ2n) is 12.3. The maximum Gasteiger partial charge on any atom is 0.339 e. The molecule has 5 aliphatic rings. The van der Waals surface area contributed by atoms with E-state index in [1.54, 1.807) is 80.6 Å². The standard InChI is InChI=1S/C35H30N2O6/c1-18-10-8-12-21(16-18)36-30(38)25-24-20(3)27(34(42)43-23-14-6-5-7-15-23)35(4,28(25)32(36)40)29-26(24)31(39)37(33(29)41)22-13-9-11-19(2)17-22/h5-17,24-26,28-29H,1-4H3/t24?,25-,26+,28+,29-,35?. The summed E-state index contributed by atoms with van der Waals surface area (Å²) in [6, 6.07) is 22.8. The van der Waals surface area contributed by atoms with Crippen molar-refractivity contribution < 1.29 is 28.7 Å². The van der Waals surface area contributed by atoms with Crippen molar-refractivity contribution in [3.8, 4) is 5.75 Å². The molecule has 3 aromatic rings. The van der Waals surface area contributed by atoms with Crippen LogP contribution in [-0.2, 0) is 24.0 Å². The number of amides is 4. The highest BCUT2D eigenvalue weighted by molar-refractivity contribution is 6.27. The number of rotatable bonds is 4. The van der Waals surface area contributed by atoms with Crippen LogP contribution < -0.4 is 14.5 Å². The van der Waals surface area contributed by atoms with Gasteiger partial charge in [-0.05, 0) is 68.3 Å². The Morgan fingerprint density at radius 3 is 1.60 bits per heavy atom. The van der Waals surface area contributed by atoms with Gasteiger partial charge in [0.05, 0.1) is 35.0 Å². The summed E-state index contributed by atoms with van der Waals surface area (Å²) in [4.78, 5) is 73.6. The van der Waals surface area contributed by atoms with Gasteiger partial charge in [0.15, 0.2) is 0 Å². The van der Waals surface area contributed by atoms with Gasteiger partial charge in [0.2, 0.25) is 23.6 Å². The molecule has 43 heavy (non-hydrogen) atoms. The molecule has 2 heterocycles. The summed E-state index contributed by atoms with van der Waals surface area (Å²) in [6.07, 6.45) is 0. The van der Waals surface area contributed by atoms with Crippen LogP contribution in [0.2, 0.25) is 0 Å². The number of carbonyl (C=O) groups is 5. The normalized spacial score (nSPS) is 29.3. The smallest absolute Gasteiger partial charge is 0.339 e. The summed E-state index contributed by atoms with van der Waals surface area (Å²) in [7, 11) is 0. The average molecular weight is 575 g/mol. The van der Waals surface area contributed by atoms with E-state index in [-0.39, 0.29) is 5.57 Å². The predicted octanol–water partition coefficient (Wildman–Crippen LogP) is 4.79. The molecule has 8 rings (SSSR count). The highest BCUT2D eigenvalue weighted by Gasteiger charge is 2.77. The van der Waals surface area contributed by atoms with Crippen LogP contribution in [0.3, 0.4) is 0 Å². The zero-order valence-electron chi connectivity index (χ0n) is 24.2. The number of esters is 1. The van der Waals surface area contributed by atoms with Crippen LogP contribution in [0.4, 0.5) is 11.4 Å². The SMILES string of the molecule is CC1=C(C(=O)Oc2ccccc2)C2(C)[C@@H]3C(=O)N(c4cccc(C)c4)C(=O)[C@@H]3C1[C@@H]1C(=O)N(c3cccc(C)c3)C(=O)[C@@H]12. The lowest BCUT2D eigenvalue weighted by Gasteiger charge is -2.55. The van der Waals surface area contributed by atoms with E-state index in [9.17, 15) is 24.0 Å². The fourth-order valence-electron chi connectivity index (χ4n) is 8.30. The number of carbonyl (C=O) groups excluding carboxylic acids is 5. The molecule has 2 unspecified atom stereocenters. The summed E-state index contributed by atoms with van der Waals surface area (Å²) >= 11 is 0. The quantitative estimate of drug-likeness (QED) is 0.252. The Morgan fingerprint density at radius 1 is 0.651 bits per heavy atom. The van der Waals surface area contributed by atoms with Gasteiger partial charge < -0.3 is 4.74 Å². The van der Waals surface area contributed by atoms with Gasteiger partial charge in [-0.3, -0.25) is 19.2 Å². The van der Waals surface area contributed by atoms with Crippen molar-refractivity contribution in [1.82, 2.24) is 0 Å². The molecule has 8 nitrogen and oxygen atoms in total. The summed E-state index contributed by atoms with van der Waals surface area (Å²) in [5.41, 5.74) is 1.86. The Labute approximate surface area is 248 Å². The molecule has 1 saturated carbocycles. The number of ether oxygens (including phenoxy) is 1. The number of aryl methyl sites for hydroxylation is 2. The first kappa shape index (κ1) is 27.0. The highest BCUT2D eigenvalue weighted by Crippen LogP contribution is 2.68. The van der Waals surface area contributed by atoms with Gasteiger partial charge in [-0.1, -0.05) is 55.0 Å². The molecule has 8 heteroatoms. The number of para-hydroxylation sites is 1. The third-order valence-electron chi connectivity index (χ3n) is 9.88. The van der Waals surface area contributed by atoms with Crippen molar-refractivity contribution >= 4 is 41.0 Å². The lowest BCUT2D eigenvalue weighted by molar-refractivity contribution is -0.152. The second kappa shape index (κ2) is 9.33. The van der Waals surface area contributed by atoms with E-state index in [1.807, 2.05) is 26.0 Å². The Morgan fingerprint density at radius 2 is 1.14 bits per heavy atom. The summed E-state index contributed by atoms with van der Waals surface area (Å²) in [5.74, 6) is -6.83. The molecule has 3 aliphatic carbocycles. The molecule has 216 valence electrons. The molecule has 4 amide bonds. The number of hydrogen-bond acceptors (Lipinski definition) is 6. The number of hydrogen-bond donors (Lipinski definition) is 0. The third-order valence-corrected chi connectivity index (χ3v) is 9.88. The molecular weight excluding hydrogens is 544 g/mol. The lowest BCUT2D eigenvalue weighted by Crippen LogP contribution is -2.61. The average Bonchev–Trinajstić information content (AvgIpc) is 3.39. The molecule has 0 spiro atoms. The molecular formula is C35H30N2O6. The van der Waals surface area contributed by atoms with Gasteiger partial charge in [-0.2, -0.15) is 0 Å². The molecule has 0 N–H and O–H groups in total. The first-order valence-corrected chi connectivity index (χ1v) is 14.4. The van der Waals surface area contributed by atoms with Crippen LogP contribution in [-0.4, -0.2) is 29.6 Å². The van der Waals surface area contributed by atoms with E-state index in [0.717, 1.165) is 11.1 Å². The lowest BCUT2D eigenvalue weighted by atomic mass is 9.43. The third kappa shape index (κ3) is 3.59. The zero-order valence-corrected chi connectivity index (χ0v) is 24.2.